The first-order chi connectivity index (χ1) is 9.93. The first-order valence-corrected chi connectivity index (χ1v) is 7.22. The van der Waals surface area contributed by atoms with Crippen LogP contribution in [0, 0.1) is 0 Å². The van der Waals surface area contributed by atoms with Gasteiger partial charge < -0.3 is 15.3 Å². The lowest BCUT2D eigenvalue weighted by Gasteiger charge is -2.13. The van der Waals surface area contributed by atoms with Crippen LogP contribution in [0.3, 0.4) is 0 Å². The van der Waals surface area contributed by atoms with Crippen molar-refractivity contribution >= 4 is 17.6 Å². The van der Waals surface area contributed by atoms with Crippen molar-refractivity contribution in [1.29, 1.82) is 0 Å². The number of anilines is 1. The zero-order valence-electron chi connectivity index (χ0n) is 12.9. The number of rotatable bonds is 8. The minimum absolute atomic E-state index is 0.200. The van der Waals surface area contributed by atoms with E-state index in [-0.39, 0.29) is 5.91 Å². The van der Waals surface area contributed by atoms with Gasteiger partial charge in [0.25, 0.3) is 0 Å². The standard InChI is InChI=1S/C16H24N2O3/c1-4-14(16(20)21)17-15(19)7-5-6-12-8-10-13(11-9-12)18(2)3/h8-11,14H,4-7H2,1-3H3,(H,17,19)(H,20,21). The molecule has 1 aromatic rings. The number of amides is 1. The molecule has 1 rings (SSSR count). The van der Waals surface area contributed by atoms with Gasteiger partial charge in [-0.2, -0.15) is 0 Å². The van der Waals surface area contributed by atoms with E-state index in [1.165, 1.54) is 5.56 Å². The van der Waals surface area contributed by atoms with E-state index in [0.29, 0.717) is 19.3 Å². The van der Waals surface area contributed by atoms with Gasteiger partial charge in [0.15, 0.2) is 0 Å². The molecule has 0 heterocycles. The Labute approximate surface area is 126 Å². The van der Waals surface area contributed by atoms with Crippen molar-refractivity contribution in [2.45, 2.75) is 38.6 Å². The number of carbonyl (C=O) groups excluding carboxylic acids is 1. The molecule has 21 heavy (non-hydrogen) atoms. The summed E-state index contributed by atoms with van der Waals surface area (Å²) in [4.78, 5) is 24.5. The maximum atomic E-state index is 11.7. The molecule has 1 unspecified atom stereocenters. The summed E-state index contributed by atoms with van der Waals surface area (Å²) in [5.41, 5.74) is 2.32. The van der Waals surface area contributed by atoms with E-state index in [9.17, 15) is 9.59 Å². The summed E-state index contributed by atoms with van der Waals surface area (Å²) in [6, 6.07) is 7.43. The van der Waals surface area contributed by atoms with Gasteiger partial charge in [-0.25, -0.2) is 4.79 Å². The molecule has 0 radical (unpaired) electrons. The highest BCUT2D eigenvalue weighted by molar-refractivity contribution is 5.83. The summed E-state index contributed by atoms with van der Waals surface area (Å²) >= 11 is 0. The molecule has 0 spiro atoms. The molecule has 0 aliphatic carbocycles. The van der Waals surface area contributed by atoms with Crippen molar-refractivity contribution in [3.63, 3.8) is 0 Å². The van der Waals surface area contributed by atoms with Crippen LogP contribution in [0.25, 0.3) is 0 Å². The van der Waals surface area contributed by atoms with Crippen LogP contribution in [-0.2, 0) is 16.0 Å². The molecule has 0 aromatic heterocycles. The quantitative estimate of drug-likeness (QED) is 0.769. The van der Waals surface area contributed by atoms with Gasteiger partial charge in [-0.1, -0.05) is 19.1 Å². The number of carboxylic acids is 1. The fraction of sp³-hybridized carbons (Fsp3) is 0.500. The Bertz CT molecular complexity index is 469. The van der Waals surface area contributed by atoms with E-state index < -0.39 is 12.0 Å². The van der Waals surface area contributed by atoms with Gasteiger partial charge in [-0.05, 0) is 37.0 Å². The van der Waals surface area contributed by atoms with Crippen molar-refractivity contribution in [1.82, 2.24) is 5.32 Å². The lowest BCUT2D eigenvalue weighted by Crippen LogP contribution is -2.40. The highest BCUT2D eigenvalue weighted by atomic mass is 16.4. The van der Waals surface area contributed by atoms with Crippen molar-refractivity contribution in [2.75, 3.05) is 19.0 Å². The second-order valence-corrected chi connectivity index (χ2v) is 5.28. The number of carboxylic acid groups (broad SMARTS) is 1. The molecular formula is C16H24N2O3. The third-order valence-electron chi connectivity index (χ3n) is 3.36. The Morgan fingerprint density at radius 3 is 2.33 bits per heavy atom. The summed E-state index contributed by atoms with van der Waals surface area (Å²) in [5, 5.41) is 11.4. The maximum absolute atomic E-state index is 11.7. The van der Waals surface area contributed by atoms with Crippen molar-refractivity contribution in [2.24, 2.45) is 0 Å². The second-order valence-electron chi connectivity index (χ2n) is 5.28. The van der Waals surface area contributed by atoms with Crippen molar-refractivity contribution < 1.29 is 14.7 Å². The number of nitrogens with one attached hydrogen (secondary N) is 1. The van der Waals surface area contributed by atoms with Gasteiger partial charge in [0.05, 0.1) is 0 Å². The normalized spacial score (nSPS) is 11.8. The van der Waals surface area contributed by atoms with Crippen LogP contribution in [0.4, 0.5) is 5.69 Å². The Kier molecular flexibility index (Phi) is 6.72. The molecule has 5 heteroatoms. The summed E-state index contributed by atoms with van der Waals surface area (Å²) in [6.07, 6.45) is 2.26. The Balaban J connectivity index is 2.36. The first-order valence-electron chi connectivity index (χ1n) is 7.22. The van der Waals surface area contributed by atoms with Crippen LogP contribution in [0.2, 0.25) is 0 Å². The van der Waals surface area contributed by atoms with Crippen LogP contribution in [0.5, 0.6) is 0 Å². The fourth-order valence-electron chi connectivity index (χ4n) is 2.02. The smallest absolute Gasteiger partial charge is 0.326 e. The molecule has 0 saturated carbocycles. The van der Waals surface area contributed by atoms with Crippen molar-refractivity contribution in [3.05, 3.63) is 29.8 Å². The van der Waals surface area contributed by atoms with Gasteiger partial charge in [0, 0.05) is 26.2 Å². The van der Waals surface area contributed by atoms with Crippen LogP contribution in [0.1, 0.15) is 31.7 Å². The summed E-state index contributed by atoms with van der Waals surface area (Å²) in [5.74, 6) is -1.18. The number of hydrogen-bond acceptors (Lipinski definition) is 3. The van der Waals surface area contributed by atoms with E-state index in [1.54, 1.807) is 6.92 Å². The molecule has 0 saturated heterocycles. The van der Waals surface area contributed by atoms with Crippen LogP contribution < -0.4 is 10.2 Å². The third kappa shape index (κ3) is 5.85. The molecule has 5 nitrogen and oxygen atoms in total. The van der Waals surface area contributed by atoms with Gasteiger partial charge in [-0.3, -0.25) is 4.79 Å². The number of aliphatic carboxylic acids is 1. The van der Waals surface area contributed by atoms with Gasteiger partial charge in [0.2, 0.25) is 5.91 Å². The topological polar surface area (TPSA) is 69.6 Å². The average Bonchev–Trinajstić information content (AvgIpc) is 2.45. The Morgan fingerprint density at radius 1 is 1.24 bits per heavy atom. The number of carbonyl (C=O) groups is 2. The first kappa shape index (κ1) is 17.0. The third-order valence-corrected chi connectivity index (χ3v) is 3.36. The summed E-state index contributed by atoms with van der Waals surface area (Å²) in [6.45, 7) is 1.74. The van der Waals surface area contributed by atoms with Crippen LogP contribution in [-0.4, -0.2) is 37.1 Å². The monoisotopic (exact) mass is 292 g/mol. The molecule has 0 aliphatic heterocycles. The summed E-state index contributed by atoms with van der Waals surface area (Å²) < 4.78 is 0. The predicted octanol–water partition coefficient (Wildman–Crippen LogP) is 2.05. The molecule has 1 atom stereocenters. The molecule has 0 fully saturated rings. The van der Waals surface area contributed by atoms with Crippen LogP contribution >= 0.6 is 0 Å². The second kappa shape index (κ2) is 8.29. The Hall–Kier alpha value is -2.04. The lowest BCUT2D eigenvalue weighted by molar-refractivity contribution is -0.141. The molecule has 0 bridgehead atoms. The highest BCUT2D eigenvalue weighted by Gasteiger charge is 2.16. The van der Waals surface area contributed by atoms with E-state index in [4.69, 9.17) is 5.11 Å². The van der Waals surface area contributed by atoms with E-state index >= 15 is 0 Å². The number of benzene rings is 1. The molecule has 1 aromatic carbocycles. The zero-order chi connectivity index (χ0) is 15.8. The summed E-state index contributed by atoms with van der Waals surface area (Å²) in [7, 11) is 3.98. The van der Waals surface area contributed by atoms with Crippen molar-refractivity contribution in [3.8, 4) is 0 Å². The molecule has 2 N–H and O–H groups in total. The zero-order valence-corrected chi connectivity index (χ0v) is 12.9. The van der Waals surface area contributed by atoms with Crippen LogP contribution in [0.15, 0.2) is 24.3 Å². The largest absolute Gasteiger partial charge is 0.480 e. The molecule has 0 aliphatic rings. The number of nitrogens with zero attached hydrogens (tertiary/aromatic N) is 1. The predicted molar refractivity (Wildman–Crippen MR) is 83.6 cm³/mol. The van der Waals surface area contributed by atoms with Gasteiger partial charge in [-0.15, -0.1) is 0 Å². The highest BCUT2D eigenvalue weighted by Crippen LogP contribution is 2.13. The average molecular weight is 292 g/mol. The minimum atomic E-state index is -0.981. The molecule has 1 amide bonds. The minimum Gasteiger partial charge on any atom is -0.480 e. The SMILES string of the molecule is CCC(NC(=O)CCCc1ccc(N(C)C)cc1)C(=O)O. The molecular weight excluding hydrogens is 268 g/mol. The van der Waals surface area contributed by atoms with E-state index in [0.717, 1.165) is 12.1 Å². The van der Waals surface area contributed by atoms with Gasteiger partial charge in [0.1, 0.15) is 6.04 Å². The lowest BCUT2D eigenvalue weighted by atomic mass is 10.1. The van der Waals surface area contributed by atoms with E-state index in [1.807, 2.05) is 31.1 Å². The Morgan fingerprint density at radius 2 is 1.86 bits per heavy atom. The number of hydrogen-bond donors (Lipinski definition) is 2. The molecule has 116 valence electrons. The fourth-order valence-corrected chi connectivity index (χ4v) is 2.02. The maximum Gasteiger partial charge on any atom is 0.326 e. The van der Waals surface area contributed by atoms with Gasteiger partial charge >= 0.3 is 5.97 Å². The number of aryl methyl sites for hydroxylation is 1. The van der Waals surface area contributed by atoms with E-state index in [2.05, 4.69) is 17.4 Å².